The molecular weight excluding hydrogens is 341 g/mol. The highest BCUT2D eigenvalue weighted by atomic mass is 32.2. The van der Waals surface area contributed by atoms with Crippen molar-refractivity contribution in [3.8, 4) is 0 Å². The number of carbonyl (C=O) groups excluding carboxylic acids is 1. The van der Waals surface area contributed by atoms with Gasteiger partial charge in [0.1, 0.15) is 5.69 Å². The summed E-state index contributed by atoms with van der Waals surface area (Å²) in [5.74, 6) is -0.692. The Labute approximate surface area is 152 Å². The minimum atomic E-state index is -1.09. The second kappa shape index (κ2) is 7.31. The zero-order valence-corrected chi connectivity index (χ0v) is 15.8. The Hall–Kier alpha value is -1.64. The summed E-state index contributed by atoms with van der Waals surface area (Å²) in [4.78, 5) is 26.3. The average Bonchev–Trinajstić information content (AvgIpc) is 2.71. The maximum atomic E-state index is 11.4. The summed E-state index contributed by atoms with van der Waals surface area (Å²) in [6.45, 7) is 9.33. The summed E-state index contributed by atoms with van der Waals surface area (Å²) >= 11 is 1.16. The van der Waals surface area contributed by atoms with Crippen LogP contribution in [0.1, 0.15) is 50.7 Å². The van der Waals surface area contributed by atoms with Crippen molar-refractivity contribution in [1.82, 2.24) is 4.98 Å². The lowest BCUT2D eigenvalue weighted by molar-refractivity contribution is -0.109. The first-order valence-electron chi connectivity index (χ1n) is 7.91. The second-order valence-electron chi connectivity index (χ2n) is 6.87. The predicted octanol–water partition coefficient (Wildman–Crippen LogP) is 3.07. The standard InChI is InChI=1S/C17H22BNO5S/c1-11(20)25-10-13(18-23-16(2,3)17(4,5)24-18)8-12-6-7-19-14(9-12)15(21)22/h6-9H,10H2,1-5H3,(H,21,22). The molecular formula is C17H22BNO5S. The molecule has 0 amide bonds. The highest BCUT2D eigenvalue weighted by Crippen LogP contribution is 2.39. The van der Waals surface area contributed by atoms with Crippen molar-refractivity contribution in [2.24, 2.45) is 0 Å². The number of rotatable bonds is 5. The Morgan fingerprint density at radius 3 is 2.40 bits per heavy atom. The number of carboxylic acid groups (broad SMARTS) is 1. The van der Waals surface area contributed by atoms with E-state index in [2.05, 4.69) is 4.98 Å². The lowest BCUT2D eigenvalue weighted by Crippen LogP contribution is -2.41. The number of hydrogen-bond donors (Lipinski definition) is 1. The van der Waals surface area contributed by atoms with Crippen molar-refractivity contribution in [1.29, 1.82) is 0 Å². The largest absolute Gasteiger partial charge is 0.491 e. The molecule has 0 unspecified atom stereocenters. The number of carbonyl (C=O) groups is 2. The van der Waals surface area contributed by atoms with Crippen molar-refractivity contribution in [3.05, 3.63) is 35.1 Å². The smallest absolute Gasteiger partial charge is 0.477 e. The molecule has 134 valence electrons. The minimum absolute atomic E-state index is 0.0108. The molecule has 2 rings (SSSR count). The van der Waals surface area contributed by atoms with Gasteiger partial charge in [0.2, 0.25) is 0 Å². The summed E-state index contributed by atoms with van der Waals surface area (Å²) in [6, 6.07) is 3.18. The SMILES string of the molecule is CC(=O)SCC(=Cc1ccnc(C(=O)O)c1)B1OC(C)(C)C(C)(C)O1. The molecule has 2 heterocycles. The Morgan fingerprint density at radius 1 is 1.28 bits per heavy atom. The number of pyridine rings is 1. The lowest BCUT2D eigenvalue weighted by atomic mass is 9.78. The van der Waals surface area contributed by atoms with E-state index in [1.165, 1.54) is 19.2 Å². The lowest BCUT2D eigenvalue weighted by Gasteiger charge is -2.32. The van der Waals surface area contributed by atoms with Gasteiger partial charge in [0.25, 0.3) is 0 Å². The van der Waals surface area contributed by atoms with Crippen molar-refractivity contribution < 1.29 is 24.0 Å². The van der Waals surface area contributed by atoms with E-state index < -0.39 is 24.3 Å². The van der Waals surface area contributed by atoms with Crippen LogP contribution in [0.25, 0.3) is 6.08 Å². The molecule has 0 bridgehead atoms. The van der Waals surface area contributed by atoms with Gasteiger partial charge in [-0.2, -0.15) is 0 Å². The minimum Gasteiger partial charge on any atom is -0.477 e. The monoisotopic (exact) mass is 363 g/mol. The Balaban J connectivity index is 2.35. The van der Waals surface area contributed by atoms with Crippen LogP contribution >= 0.6 is 11.8 Å². The molecule has 1 fully saturated rings. The summed E-state index contributed by atoms with van der Waals surface area (Å²) in [6.07, 6.45) is 3.24. The molecule has 1 aliphatic heterocycles. The van der Waals surface area contributed by atoms with Crippen molar-refractivity contribution >= 4 is 36.0 Å². The Kier molecular flexibility index (Phi) is 5.76. The van der Waals surface area contributed by atoms with Gasteiger partial charge in [-0.15, -0.1) is 0 Å². The first-order chi connectivity index (χ1) is 11.5. The molecule has 0 aromatic carbocycles. The normalized spacial score (nSPS) is 19.1. The molecule has 0 radical (unpaired) electrons. The van der Waals surface area contributed by atoms with Crippen LogP contribution in [0.4, 0.5) is 0 Å². The van der Waals surface area contributed by atoms with E-state index in [1.807, 2.05) is 27.7 Å². The topological polar surface area (TPSA) is 85.7 Å². The van der Waals surface area contributed by atoms with E-state index in [-0.39, 0.29) is 10.8 Å². The average molecular weight is 363 g/mol. The number of nitrogens with zero attached hydrogens (tertiary/aromatic N) is 1. The molecule has 1 aromatic rings. The fourth-order valence-electron chi connectivity index (χ4n) is 2.22. The molecule has 0 saturated carbocycles. The molecule has 1 aliphatic rings. The first kappa shape index (κ1) is 19.7. The predicted molar refractivity (Wildman–Crippen MR) is 98.4 cm³/mol. The van der Waals surface area contributed by atoms with Gasteiger partial charge in [0, 0.05) is 18.9 Å². The van der Waals surface area contributed by atoms with Gasteiger partial charge in [0.15, 0.2) is 5.12 Å². The van der Waals surface area contributed by atoms with Gasteiger partial charge in [-0.05, 0) is 50.9 Å². The molecule has 8 heteroatoms. The first-order valence-corrected chi connectivity index (χ1v) is 8.89. The zero-order chi connectivity index (χ0) is 18.8. The van der Waals surface area contributed by atoms with E-state index in [0.717, 1.165) is 17.2 Å². The van der Waals surface area contributed by atoms with Crippen LogP contribution < -0.4 is 0 Å². The third-order valence-corrected chi connectivity index (χ3v) is 5.24. The Morgan fingerprint density at radius 2 is 1.88 bits per heavy atom. The van der Waals surface area contributed by atoms with Crippen LogP contribution in [0.3, 0.4) is 0 Å². The number of aromatic carboxylic acids is 1. The highest BCUT2D eigenvalue weighted by Gasteiger charge is 2.52. The van der Waals surface area contributed by atoms with Crippen molar-refractivity contribution in [2.75, 3.05) is 5.75 Å². The number of carboxylic acids is 1. The van der Waals surface area contributed by atoms with Gasteiger partial charge in [-0.1, -0.05) is 17.8 Å². The van der Waals surface area contributed by atoms with Crippen LogP contribution in [0.5, 0.6) is 0 Å². The van der Waals surface area contributed by atoms with E-state index in [1.54, 1.807) is 12.1 Å². The maximum absolute atomic E-state index is 11.4. The van der Waals surface area contributed by atoms with Crippen molar-refractivity contribution in [2.45, 2.75) is 45.8 Å². The third kappa shape index (κ3) is 4.71. The van der Waals surface area contributed by atoms with E-state index in [9.17, 15) is 9.59 Å². The van der Waals surface area contributed by atoms with Crippen LogP contribution in [0.2, 0.25) is 0 Å². The summed E-state index contributed by atoms with van der Waals surface area (Å²) < 4.78 is 12.1. The molecule has 1 aromatic heterocycles. The Bertz CT molecular complexity index is 701. The molecule has 0 spiro atoms. The quantitative estimate of drug-likeness (QED) is 0.805. The van der Waals surface area contributed by atoms with E-state index in [0.29, 0.717) is 11.3 Å². The van der Waals surface area contributed by atoms with Crippen LogP contribution in [-0.2, 0) is 14.1 Å². The highest BCUT2D eigenvalue weighted by molar-refractivity contribution is 8.13. The number of hydrogen-bond acceptors (Lipinski definition) is 6. The fraction of sp³-hybridized carbons (Fsp3) is 0.471. The zero-order valence-electron chi connectivity index (χ0n) is 15.0. The molecule has 25 heavy (non-hydrogen) atoms. The van der Waals surface area contributed by atoms with Crippen molar-refractivity contribution in [3.63, 3.8) is 0 Å². The van der Waals surface area contributed by atoms with E-state index >= 15 is 0 Å². The molecule has 0 atom stereocenters. The molecule has 0 aliphatic carbocycles. The molecule has 1 N–H and O–H groups in total. The second-order valence-corrected chi connectivity index (χ2v) is 8.02. The van der Waals surface area contributed by atoms with Gasteiger partial charge in [-0.3, -0.25) is 4.79 Å². The molecule has 6 nitrogen and oxygen atoms in total. The van der Waals surface area contributed by atoms with Crippen LogP contribution in [0.15, 0.2) is 23.8 Å². The molecule has 1 saturated heterocycles. The summed E-state index contributed by atoms with van der Waals surface area (Å²) in [5, 5.41) is 9.08. The number of thioether (sulfide) groups is 1. The maximum Gasteiger partial charge on any atom is 0.491 e. The summed E-state index contributed by atoms with van der Waals surface area (Å²) in [5.41, 5.74) is 0.397. The fourth-order valence-corrected chi connectivity index (χ4v) is 2.81. The van der Waals surface area contributed by atoms with Gasteiger partial charge in [0.05, 0.1) is 11.2 Å². The van der Waals surface area contributed by atoms with E-state index in [4.69, 9.17) is 14.4 Å². The third-order valence-electron chi connectivity index (χ3n) is 4.35. The van der Waals surface area contributed by atoms with Gasteiger partial charge in [-0.25, -0.2) is 9.78 Å². The van der Waals surface area contributed by atoms with Gasteiger partial charge < -0.3 is 14.4 Å². The number of aromatic nitrogens is 1. The van der Waals surface area contributed by atoms with Crippen LogP contribution in [0, 0.1) is 0 Å². The summed E-state index contributed by atoms with van der Waals surface area (Å²) in [7, 11) is -0.599. The van der Waals surface area contributed by atoms with Crippen LogP contribution in [-0.4, -0.2) is 45.2 Å². The van der Waals surface area contributed by atoms with Gasteiger partial charge >= 0.3 is 13.1 Å².